The van der Waals surface area contributed by atoms with E-state index < -0.39 is 0 Å². The number of benzene rings is 1. The summed E-state index contributed by atoms with van der Waals surface area (Å²) in [6.07, 6.45) is 2.09. The van der Waals surface area contributed by atoms with Crippen molar-refractivity contribution in [1.82, 2.24) is 15.1 Å². The van der Waals surface area contributed by atoms with E-state index >= 15 is 0 Å². The lowest BCUT2D eigenvalue weighted by Crippen LogP contribution is -2.48. The Morgan fingerprint density at radius 1 is 1.19 bits per heavy atom. The van der Waals surface area contributed by atoms with E-state index in [0.717, 1.165) is 17.7 Å². The Morgan fingerprint density at radius 3 is 2.70 bits per heavy atom. The van der Waals surface area contributed by atoms with Crippen LogP contribution < -0.4 is 10.1 Å². The second kappa shape index (κ2) is 8.88. The van der Waals surface area contributed by atoms with Crippen molar-refractivity contribution in [1.29, 1.82) is 0 Å². The number of nitrogens with one attached hydrogen (secondary N) is 1. The zero-order chi connectivity index (χ0) is 19.2. The summed E-state index contributed by atoms with van der Waals surface area (Å²) in [5.41, 5.74) is 1.13. The van der Waals surface area contributed by atoms with Gasteiger partial charge in [0.1, 0.15) is 5.75 Å². The summed E-state index contributed by atoms with van der Waals surface area (Å²) in [6, 6.07) is 7.82. The summed E-state index contributed by atoms with van der Waals surface area (Å²) in [5.74, 6) is 0.801. The second-order valence-electron chi connectivity index (χ2n) is 7.10. The van der Waals surface area contributed by atoms with Gasteiger partial charge in [0.15, 0.2) is 0 Å². The molecule has 0 aromatic heterocycles. The molecule has 0 radical (unpaired) electrons. The number of carbonyl (C=O) groups excluding carboxylic acids is 3. The fourth-order valence-corrected chi connectivity index (χ4v) is 3.63. The molecule has 1 atom stereocenters. The molecule has 0 unspecified atom stereocenters. The largest absolute Gasteiger partial charge is 0.497 e. The van der Waals surface area contributed by atoms with Gasteiger partial charge in [-0.25, -0.2) is 0 Å². The third-order valence-electron chi connectivity index (χ3n) is 5.30. The van der Waals surface area contributed by atoms with Crippen LogP contribution in [0.3, 0.4) is 0 Å². The Balaban J connectivity index is 1.55. The first kappa shape index (κ1) is 19.2. The monoisotopic (exact) mass is 373 g/mol. The minimum Gasteiger partial charge on any atom is -0.497 e. The highest BCUT2D eigenvalue weighted by atomic mass is 16.5. The van der Waals surface area contributed by atoms with E-state index in [-0.39, 0.29) is 23.6 Å². The van der Waals surface area contributed by atoms with Gasteiger partial charge >= 0.3 is 0 Å². The lowest BCUT2D eigenvalue weighted by molar-refractivity contribution is -0.142. The minimum absolute atomic E-state index is 0.00904. The Morgan fingerprint density at radius 2 is 1.96 bits per heavy atom. The number of rotatable bonds is 5. The van der Waals surface area contributed by atoms with Crippen LogP contribution in [-0.4, -0.2) is 67.4 Å². The average molecular weight is 373 g/mol. The van der Waals surface area contributed by atoms with E-state index in [2.05, 4.69) is 5.32 Å². The number of amides is 3. The number of ether oxygens (including phenoxy) is 1. The van der Waals surface area contributed by atoms with Gasteiger partial charge in [-0.15, -0.1) is 0 Å². The van der Waals surface area contributed by atoms with Gasteiger partial charge in [0.25, 0.3) is 0 Å². The van der Waals surface area contributed by atoms with Gasteiger partial charge < -0.3 is 19.9 Å². The standard InChI is InChI=1S/C20H27N3O4/c1-27-17-5-2-15(3-6-17)8-11-23-14-16(4-7-19(23)25)20(26)22-12-9-18(24)21-10-13-22/h2-3,5-6,16H,4,7-14H2,1H3,(H,21,24)/t16-/m1/s1. The van der Waals surface area contributed by atoms with Crippen molar-refractivity contribution in [2.24, 2.45) is 5.92 Å². The molecule has 2 saturated heterocycles. The molecule has 1 aromatic rings. The molecule has 2 aliphatic heterocycles. The van der Waals surface area contributed by atoms with E-state index in [1.807, 2.05) is 24.3 Å². The average Bonchev–Trinajstić information content (AvgIpc) is 2.91. The fraction of sp³-hybridized carbons (Fsp3) is 0.550. The molecule has 0 saturated carbocycles. The van der Waals surface area contributed by atoms with Crippen LogP contribution in [-0.2, 0) is 20.8 Å². The molecule has 27 heavy (non-hydrogen) atoms. The van der Waals surface area contributed by atoms with E-state index in [0.29, 0.717) is 52.0 Å². The highest BCUT2D eigenvalue weighted by Gasteiger charge is 2.33. The van der Waals surface area contributed by atoms with Crippen molar-refractivity contribution in [3.8, 4) is 5.75 Å². The van der Waals surface area contributed by atoms with E-state index in [1.165, 1.54) is 0 Å². The van der Waals surface area contributed by atoms with E-state index in [4.69, 9.17) is 4.74 Å². The summed E-state index contributed by atoms with van der Waals surface area (Å²) in [6.45, 7) is 2.57. The van der Waals surface area contributed by atoms with Crippen LogP contribution in [0, 0.1) is 5.92 Å². The van der Waals surface area contributed by atoms with Gasteiger partial charge in [-0.3, -0.25) is 14.4 Å². The fourth-order valence-electron chi connectivity index (χ4n) is 3.63. The van der Waals surface area contributed by atoms with Crippen molar-refractivity contribution < 1.29 is 19.1 Å². The Bertz CT molecular complexity index is 689. The topological polar surface area (TPSA) is 79.0 Å². The molecule has 146 valence electrons. The summed E-state index contributed by atoms with van der Waals surface area (Å²) >= 11 is 0. The molecule has 0 aliphatic carbocycles. The number of methoxy groups -OCH3 is 1. The molecule has 7 nitrogen and oxygen atoms in total. The van der Waals surface area contributed by atoms with Crippen molar-refractivity contribution in [3.63, 3.8) is 0 Å². The first-order valence-electron chi connectivity index (χ1n) is 9.53. The number of piperidine rings is 1. The molecule has 2 heterocycles. The van der Waals surface area contributed by atoms with Gasteiger partial charge in [0.2, 0.25) is 17.7 Å². The van der Waals surface area contributed by atoms with Gasteiger partial charge in [0, 0.05) is 45.6 Å². The zero-order valence-corrected chi connectivity index (χ0v) is 15.8. The maximum Gasteiger partial charge on any atom is 0.227 e. The molecule has 0 spiro atoms. The number of hydrogen-bond donors (Lipinski definition) is 1. The second-order valence-corrected chi connectivity index (χ2v) is 7.10. The SMILES string of the molecule is COc1ccc(CCN2C[C@H](C(=O)N3CCNC(=O)CC3)CCC2=O)cc1. The van der Waals surface area contributed by atoms with E-state index in [9.17, 15) is 14.4 Å². The van der Waals surface area contributed by atoms with Crippen molar-refractivity contribution in [2.75, 3.05) is 39.8 Å². The predicted molar refractivity (Wildman–Crippen MR) is 100 cm³/mol. The van der Waals surface area contributed by atoms with Crippen LogP contribution in [0.15, 0.2) is 24.3 Å². The van der Waals surface area contributed by atoms with Crippen molar-refractivity contribution >= 4 is 17.7 Å². The molecule has 2 aliphatic rings. The van der Waals surface area contributed by atoms with Gasteiger partial charge in [-0.1, -0.05) is 12.1 Å². The summed E-state index contributed by atoms with van der Waals surface area (Å²) in [4.78, 5) is 40.2. The summed E-state index contributed by atoms with van der Waals surface area (Å²) in [5, 5.41) is 2.79. The molecule has 3 amide bonds. The molecule has 2 fully saturated rings. The van der Waals surface area contributed by atoms with Crippen LogP contribution in [0.4, 0.5) is 0 Å². The van der Waals surface area contributed by atoms with Gasteiger partial charge in [0.05, 0.1) is 13.0 Å². The maximum absolute atomic E-state index is 12.8. The zero-order valence-electron chi connectivity index (χ0n) is 15.8. The molecule has 7 heteroatoms. The highest BCUT2D eigenvalue weighted by Crippen LogP contribution is 2.21. The van der Waals surface area contributed by atoms with Crippen LogP contribution in [0.2, 0.25) is 0 Å². The predicted octanol–water partition coefficient (Wildman–Crippen LogP) is 0.825. The summed E-state index contributed by atoms with van der Waals surface area (Å²) < 4.78 is 5.16. The Kier molecular flexibility index (Phi) is 6.32. The third-order valence-corrected chi connectivity index (χ3v) is 5.30. The van der Waals surface area contributed by atoms with Crippen molar-refractivity contribution in [2.45, 2.75) is 25.7 Å². The number of hydrogen-bond acceptors (Lipinski definition) is 4. The smallest absolute Gasteiger partial charge is 0.227 e. The maximum atomic E-state index is 12.8. The molecular weight excluding hydrogens is 346 g/mol. The molecule has 3 rings (SSSR count). The lowest BCUT2D eigenvalue weighted by Gasteiger charge is -2.34. The molecule has 0 bridgehead atoms. The molecule has 1 aromatic carbocycles. The van der Waals surface area contributed by atoms with Gasteiger partial charge in [-0.05, 0) is 30.5 Å². The normalized spacial score (nSPS) is 20.9. The van der Waals surface area contributed by atoms with Crippen LogP contribution in [0.25, 0.3) is 0 Å². The van der Waals surface area contributed by atoms with E-state index in [1.54, 1.807) is 16.9 Å². The minimum atomic E-state index is -0.174. The lowest BCUT2D eigenvalue weighted by atomic mass is 9.95. The van der Waals surface area contributed by atoms with Crippen molar-refractivity contribution in [3.05, 3.63) is 29.8 Å². The third kappa shape index (κ3) is 4.99. The Hall–Kier alpha value is -2.57. The van der Waals surface area contributed by atoms with Crippen LogP contribution >= 0.6 is 0 Å². The quantitative estimate of drug-likeness (QED) is 0.829. The van der Waals surface area contributed by atoms with Crippen LogP contribution in [0.1, 0.15) is 24.8 Å². The number of likely N-dealkylation sites (tertiary alicyclic amines) is 1. The van der Waals surface area contributed by atoms with Gasteiger partial charge in [-0.2, -0.15) is 0 Å². The summed E-state index contributed by atoms with van der Waals surface area (Å²) in [7, 11) is 1.63. The first-order chi connectivity index (χ1) is 13.1. The number of carbonyl (C=O) groups is 3. The Labute approximate surface area is 159 Å². The van der Waals surface area contributed by atoms with Crippen LogP contribution in [0.5, 0.6) is 5.75 Å². The highest BCUT2D eigenvalue weighted by molar-refractivity contribution is 5.85. The number of nitrogens with zero attached hydrogens (tertiary/aromatic N) is 2. The molecule has 1 N–H and O–H groups in total. The first-order valence-corrected chi connectivity index (χ1v) is 9.53. The molecular formula is C20H27N3O4.